The van der Waals surface area contributed by atoms with Gasteiger partial charge in [-0.05, 0) is 29.9 Å². The van der Waals surface area contributed by atoms with Crippen molar-refractivity contribution in [2.24, 2.45) is 0 Å². The summed E-state index contributed by atoms with van der Waals surface area (Å²) < 4.78 is 5.49. The molecule has 1 heterocycles. The highest BCUT2D eigenvalue weighted by molar-refractivity contribution is 6.54. The molecule has 0 fully saturated rings. The van der Waals surface area contributed by atoms with E-state index in [0.29, 0.717) is 22.5 Å². The maximum atomic E-state index is 12.7. The molecule has 5 nitrogen and oxygen atoms in total. The first-order chi connectivity index (χ1) is 11.2. The Balaban J connectivity index is 2.12. The molecule has 122 valence electrons. The van der Waals surface area contributed by atoms with E-state index in [9.17, 15) is 19.5 Å². The van der Waals surface area contributed by atoms with Gasteiger partial charge < -0.3 is 9.52 Å². The second-order valence-electron chi connectivity index (χ2n) is 7.16. The van der Waals surface area contributed by atoms with Crippen LogP contribution in [0.25, 0.3) is 11.3 Å². The topological polar surface area (TPSA) is 84.6 Å². The molecule has 0 saturated carbocycles. The number of aliphatic hydroxyl groups is 1. The Labute approximate surface area is 138 Å². The average Bonchev–Trinajstić information content (AvgIpc) is 2.91. The van der Waals surface area contributed by atoms with Crippen LogP contribution in [-0.2, 0) is 5.41 Å². The van der Waals surface area contributed by atoms with Gasteiger partial charge in [-0.3, -0.25) is 14.4 Å². The van der Waals surface area contributed by atoms with Crippen LogP contribution < -0.4 is 0 Å². The molecule has 1 unspecified atom stereocenters. The third kappa shape index (κ3) is 1.70. The Hall–Kier alpha value is -2.53. The van der Waals surface area contributed by atoms with Crippen molar-refractivity contribution < 1.29 is 23.9 Å². The van der Waals surface area contributed by atoms with Crippen LogP contribution in [0, 0.1) is 6.92 Å². The predicted octanol–water partition coefficient (Wildman–Crippen LogP) is 2.86. The number of hydrogen-bond acceptors (Lipinski definition) is 5. The molecular weight excluding hydrogens is 308 g/mol. The van der Waals surface area contributed by atoms with E-state index in [4.69, 9.17) is 4.42 Å². The summed E-state index contributed by atoms with van der Waals surface area (Å²) in [6, 6.07) is 3.52. The van der Waals surface area contributed by atoms with E-state index in [2.05, 4.69) is 0 Å². The van der Waals surface area contributed by atoms with Crippen LogP contribution >= 0.6 is 0 Å². The lowest BCUT2D eigenvalue weighted by atomic mass is 9.67. The Bertz CT molecular complexity index is 945. The highest BCUT2D eigenvalue weighted by atomic mass is 16.3. The highest BCUT2D eigenvalue weighted by Crippen LogP contribution is 2.44. The minimum absolute atomic E-state index is 0.0659. The average molecular weight is 324 g/mol. The van der Waals surface area contributed by atoms with Crippen LogP contribution in [0.2, 0.25) is 0 Å². The van der Waals surface area contributed by atoms with Crippen molar-refractivity contribution in [3.05, 3.63) is 46.2 Å². The molecular formula is C19H16O5. The number of aliphatic hydroxyl groups excluding tert-OH is 1. The molecule has 1 aromatic heterocycles. The summed E-state index contributed by atoms with van der Waals surface area (Å²) in [5, 5.41) is 10.1. The van der Waals surface area contributed by atoms with E-state index < -0.39 is 28.9 Å². The van der Waals surface area contributed by atoms with Crippen molar-refractivity contribution in [3.63, 3.8) is 0 Å². The van der Waals surface area contributed by atoms with Gasteiger partial charge in [0, 0.05) is 16.7 Å². The van der Waals surface area contributed by atoms with Gasteiger partial charge in [-0.1, -0.05) is 26.0 Å². The van der Waals surface area contributed by atoms with E-state index >= 15 is 0 Å². The fraction of sp³-hybridized carbons (Fsp3) is 0.316. The molecule has 2 aliphatic carbocycles. The zero-order valence-electron chi connectivity index (χ0n) is 13.6. The normalized spacial score (nSPS) is 21.3. The van der Waals surface area contributed by atoms with Crippen molar-refractivity contribution in [1.29, 1.82) is 0 Å². The SMILES string of the molecule is Cc1coc2c1C(=O)C(=O)c1c-2ccc2c1C(=O)C(O)CC2(C)C. The number of carbonyl (C=O) groups excluding carboxylic acids is 3. The predicted molar refractivity (Wildman–Crippen MR) is 85.5 cm³/mol. The van der Waals surface area contributed by atoms with Gasteiger partial charge in [0.2, 0.25) is 11.6 Å². The van der Waals surface area contributed by atoms with Crippen molar-refractivity contribution >= 4 is 17.3 Å². The Kier molecular flexibility index (Phi) is 2.82. The third-order valence-electron chi connectivity index (χ3n) is 5.07. The summed E-state index contributed by atoms with van der Waals surface area (Å²) in [5.41, 5.74) is 1.74. The van der Waals surface area contributed by atoms with Crippen molar-refractivity contribution in [2.75, 3.05) is 0 Å². The molecule has 0 aliphatic heterocycles. The molecule has 0 amide bonds. The minimum Gasteiger partial charge on any atom is -0.463 e. The number of furan rings is 1. The Morgan fingerprint density at radius 2 is 1.75 bits per heavy atom. The summed E-state index contributed by atoms with van der Waals surface area (Å²) in [5.74, 6) is -1.56. The number of fused-ring (bicyclic) bond motifs is 5. The first-order valence-corrected chi connectivity index (χ1v) is 7.81. The third-order valence-corrected chi connectivity index (χ3v) is 5.07. The molecule has 1 N–H and O–H groups in total. The first-order valence-electron chi connectivity index (χ1n) is 7.81. The zero-order chi connectivity index (χ0) is 17.4. The fourth-order valence-corrected chi connectivity index (χ4v) is 3.85. The molecule has 0 bridgehead atoms. The molecule has 2 aromatic rings. The number of benzene rings is 1. The van der Waals surface area contributed by atoms with E-state index in [1.165, 1.54) is 6.26 Å². The number of rotatable bonds is 0. The van der Waals surface area contributed by atoms with Gasteiger partial charge in [-0.15, -0.1) is 0 Å². The number of hydrogen-bond donors (Lipinski definition) is 1. The lowest BCUT2D eigenvalue weighted by Crippen LogP contribution is -2.40. The van der Waals surface area contributed by atoms with E-state index in [-0.39, 0.29) is 23.1 Å². The first kappa shape index (κ1) is 15.0. The lowest BCUT2D eigenvalue weighted by molar-refractivity contribution is 0.0644. The fourth-order valence-electron chi connectivity index (χ4n) is 3.85. The van der Waals surface area contributed by atoms with Gasteiger partial charge in [-0.2, -0.15) is 0 Å². The smallest absolute Gasteiger partial charge is 0.237 e. The number of ketones is 3. The molecule has 0 spiro atoms. The molecule has 0 radical (unpaired) electrons. The number of aryl methyl sites for hydroxylation is 1. The largest absolute Gasteiger partial charge is 0.463 e. The molecule has 4 rings (SSSR count). The lowest BCUT2D eigenvalue weighted by Gasteiger charge is -2.36. The monoisotopic (exact) mass is 324 g/mol. The summed E-state index contributed by atoms with van der Waals surface area (Å²) in [6.45, 7) is 5.52. The van der Waals surface area contributed by atoms with Gasteiger partial charge in [0.05, 0.1) is 11.8 Å². The number of Topliss-reactive ketones (excluding diaryl/α,β-unsaturated/α-hetero) is 3. The molecule has 5 heteroatoms. The quantitative estimate of drug-likeness (QED) is 0.753. The summed E-state index contributed by atoms with van der Waals surface area (Å²) in [6.07, 6.45) is 0.539. The minimum atomic E-state index is -1.18. The Morgan fingerprint density at radius 3 is 2.46 bits per heavy atom. The van der Waals surface area contributed by atoms with Gasteiger partial charge in [0.1, 0.15) is 11.9 Å². The summed E-state index contributed by atoms with van der Waals surface area (Å²) in [4.78, 5) is 37.9. The van der Waals surface area contributed by atoms with Crippen LogP contribution in [0.5, 0.6) is 0 Å². The van der Waals surface area contributed by atoms with Crippen LogP contribution in [-0.4, -0.2) is 28.6 Å². The molecule has 2 aliphatic rings. The van der Waals surface area contributed by atoms with E-state index in [1.807, 2.05) is 13.8 Å². The van der Waals surface area contributed by atoms with Gasteiger partial charge in [-0.25, -0.2) is 0 Å². The second-order valence-corrected chi connectivity index (χ2v) is 7.16. The van der Waals surface area contributed by atoms with Crippen LogP contribution in [0.15, 0.2) is 22.8 Å². The van der Waals surface area contributed by atoms with Crippen molar-refractivity contribution in [3.8, 4) is 11.3 Å². The van der Waals surface area contributed by atoms with Crippen LogP contribution in [0.4, 0.5) is 0 Å². The van der Waals surface area contributed by atoms with Crippen LogP contribution in [0.1, 0.15) is 62.5 Å². The van der Waals surface area contributed by atoms with Crippen molar-refractivity contribution in [2.45, 2.75) is 38.7 Å². The molecule has 1 aromatic carbocycles. The number of carbonyl (C=O) groups is 3. The Morgan fingerprint density at radius 1 is 1.08 bits per heavy atom. The van der Waals surface area contributed by atoms with Gasteiger partial charge >= 0.3 is 0 Å². The van der Waals surface area contributed by atoms with Crippen molar-refractivity contribution in [1.82, 2.24) is 0 Å². The summed E-state index contributed by atoms with van der Waals surface area (Å²) in [7, 11) is 0. The summed E-state index contributed by atoms with van der Waals surface area (Å²) >= 11 is 0. The van der Waals surface area contributed by atoms with Gasteiger partial charge in [0.25, 0.3) is 0 Å². The maximum Gasteiger partial charge on any atom is 0.237 e. The highest BCUT2D eigenvalue weighted by Gasteiger charge is 2.44. The van der Waals surface area contributed by atoms with Crippen LogP contribution in [0.3, 0.4) is 0 Å². The van der Waals surface area contributed by atoms with Gasteiger partial charge in [0.15, 0.2) is 5.78 Å². The second kappa shape index (κ2) is 4.51. The molecule has 0 saturated heterocycles. The van der Waals surface area contributed by atoms with E-state index in [0.717, 1.165) is 0 Å². The zero-order valence-corrected chi connectivity index (χ0v) is 13.6. The van der Waals surface area contributed by atoms with E-state index in [1.54, 1.807) is 19.1 Å². The maximum absolute atomic E-state index is 12.7. The molecule has 24 heavy (non-hydrogen) atoms. The molecule has 1 atom stereocenters. The standard InChI is InChI=1S/C19H16O5/c1-8-7-24-18-9-4-5-10-14(13(9)17(23)16(22)12(8)18)15(21)11(20)6-19(10,2)3/h4-5,7,11,20H,6H2,1-3H3.